The number of aliphatic hydroxyl groups is 1. The Bertz CT molecular complexity index is 409. The number of hydrogen-bond acceptors (Lipinski definition) is 3. The number of ether oxygens (including phenoxy) is 1. The second kappa shape index (κ2) is 6.02. The van der Waals surface area contributed by atoms with Gasteiger partial charge in [-0.3, -0.25) is 4.79 Å². The molecule has 17 heavy (non-hydrogen) atoms. The highest BCUT2D eigenvalue weighted by Crippen LogP contribution is 2.24. The van der Waals surface area contributed by atoms with E-state index in [0.717, 1.165) is 4.47 Å². The molecule has 0 saturated heterocycles. The summed E-state index contributed by atoms with van der Waals surface area (Å²) in [6.07, 6.45) is 0. The molecule has 94 valence electrons. The van der Waals surface area contributed by atoms with Gasteiger partial charge in [0.05, 0.1) is 25.3 Å². The topological polar surface area (TPSA) is 49.8 Å². The van der Waals surface area contributed by atoms with Crippen LogP contribution in [0, 0.1) is 0 Å². The van der Waals surface area contributed by atoms with E-state index in [9.17, 15) is 4.79 Å². The van der Waals surface area contributed by atoms with Crippen LogP contribution in [0.3, 0.4) is 0 Å². The fraction of sp³-hybridized carbons (Fsp3) is 0.417. The minimum absolute atomic E-state index is 0.0709. The van der Waals surface area contributed by atoms with Crippen molar-refractivity contribution < 1.29 is 14.6 Å². The average molecular weight is 302 g/mol. The molecule has 0 saturated carbocycles. The first-order chi connectivity index (χ1) is 8.01. The summed E-state index contributed by atoms with van der Waals surface area (Å²) in [6, 6.07) is 5.02. The van der Waals surface area contributed by atoms with Gasteiger partial charge in [-0.1, -0.05) is 15.9 Å². The maximum absolute atomic E-state index is 12.2. The van der Waals surface area contributed by atoms with Crippen LogP contribution in [0.25, 0.3) is 0 Å². The summed E-state index contributed by atoms with van der Waals surface area (Å²) in [5.41, 5.74) is 0.477. The highest BCUT2D eigenvalue weighted by molar-refractivity contribution is 9.10. The lowest BCUT2D eigenvalue weighted by molar-refractivity contribution is 0.0679. The van der Waals surface area contributed by atoms with Gasteiger partial charge in [0, 0.05) is 11.5 Å². The van der Waals surface area contributed by atoms with Crippen LogP contribution in [0.2, 0.25) is 0 Å². The SMILES string of the molecule is COc1ccc(Br)cc1C(=O)N(C)C(C)CO. The molecule has 1 unspecified atom stereocenters. The number of carbonyl (C=O) groups is 1. The number of aliphatic hydroxyl groups excluding tert-OH is 1. The van der Waals surface area contributed by atoms with Crippen LogP contribution < -0.4 is 4.74 Å². The molecule has 0 heterocycles. The summed E-state index contributed by atoms with van der Waals surface area (Å²) < 4.78 is 5.97. The zero-order valence-corrected chi connectivity index (χ0v) is 11.7. The molecule has 1 atom stereocenters. The average Bonchev–Trinajstić information content (AvgIpc) is 2.35. The number of hydrogen-bond donors (Lipinski definition) is 1. The Labute approximate surface area is 109 Å². The van der Waals surface area contributed by atoms with Gasteiger partial charge in [-0.15, -0.1) is 0 Å². The van der Waals surface area contributed by atoms with E-state index in [2.05, 4.69) is 15.9 Å². The quantitative estimate of drug-likeness (QED) is 0.924. The predicted octanol–water partition coefficient (Wildman–Crippen LogP) is 1.91. The molecule has 0 bridgehead atoms. The van der Waals surface area contributed by atoms with Gasteiger partial charge in [0.15, 0.2) is 0 Å². The number of likely N-dealkylation sites (N-methyl/N-ethyl adjacent to an activating group) is 1. The molecule has 0 aromatic heterocycles. The second-order valence-corrected chi connectivity index (χ2v) is 4.71. The molecular formula is C12H16BrNO3. The number of carbonyl (C=O) groups excluding carboxylic acids is 1. The summed E-state index contributed by atoms with van der Waals surface area (Å²) in [6.45, 7) is 1.71. The number of amides is 1. The maximum Gasteiger partial charge on any atom is 0.257 e. The Morgan fingerprint density at radius 3 is 2.76 bits per heavy atom. The minimum Gasteiger partial charge on any atom is -0.496 e. The third-order valence-electron chi connectivity index (χ3n) is 2.64. The van der Waals surface area contributed by atoms with Crippen molar-refractivity contribution in [1.29, 1.82) is 0 Å². The molecule has 1 rings (SSSR count). The van der Waals surface area contributed by atoms with Gasteiger partial charge >= 0.3 is 0 Å². The van der Waals surface area contributed by atoms with E-state index < -0.39 is 0 Å². The zero-order chi connectivity index (χ0) is 13.0. The fourth-order valence-corrected chi connectivity index (χ4v) is 1.72. The van der Waals surface area contributed by atoms with E-state index in [1.165, 1.54) is 12.0 Å². The summed E-state index contributed by atoms with van der Waals surface area (Å²) >= 11 is 3.32. The molecule has 0 fully saturated rings. The molecule has 0 aliphatic heterocycles. The zero-order valence-electron chi connectivity index (χ0n) is 10.1. The van der Waals surface area contributed by atoms with E-state index in [4.69, 9.17) is 9.84 Å². The lowest BCUT2D eigenvalue weighted by atomic mass is 10.1. The Morgan fingerprint density at radius 1 is 1.59 bits per heavy atom. The Morgan fingerprint density at radius 2 is 2.24 bits per heavy atom. The summed E-state index contributed by atoms with van der Waals surface area (Å²) in [7, 11) is 3.18. The molecule has 1 aromatic rings. The normalized spacial score (nSPS) is 12.1. The lowest BCUT2D eigenvalue weighted by Gasteiger charge is -2.24. The van der Waals surface area contributed by atoms with Gasteiger partial charge in [-0.05, 0) is 25.1 Å². The van der Waals surface area contributed by atoms with Crippen LogP contribution in [-0.2, 0) is 0 Å². The molecule has 4 nitrogen and oxygen atoms in total. The van der Waals surface area contributed by atoms with Crippen LogP contribution in [0.5, 0.6) is 5.75 Å². The maximum atomic E-state index is 12.2. The third-order valence-corrected chi connectivity index (χ3v) is 3.13. The number of methoxy groups -OCH3 is 1. The first-order valence-corrected chi connectivity index (χ1v) is 6.02. The van der Waals surface area contributed by atoms with Gasteiger partial charge in [0.2, 0.25) is 0 Å². The standard InChI is InChI=1S/C12H16BrNO3/c1-8(7-15)14(2)12(16)10-6-9(13)4-5-11(10)17-3/h4-6,8,15H,7H2,1-3H3. The highest BCUT2D eigenvalue weighted by Gasteiger charge is 2.20. The molecule has 1 amide bonds. The summed E-state index contributed by atoms with van der Waals surface area (Å²) in [5, 5.41) is 9.05. The number of nitrogens with zero attached hydrogens (tertiary/aromatic N) is 1. The van der Waals surface area contributed by atoms with Gasteiger partial charge in [0.1, 0.15) is 5.75 Å². The van der Waals surface area contributed by atoms with E-state index in [-0.39, 0.29) is 18.6 Å². The second-order valence-electron chi connectivity index (χ2n) is 3.79. The van der Waals surface area contributed by atoms with E-state index in [1.807, 2.05) is 6.07 Å². The summed E-state index contributed by atoms with van der Waals surface area (Å²) in [4.78, 5) is 13.7. The van der Waals surface area contributed by atoms with Gasteiger partial charge in [-0.2, -0.15) is 0 Å². The van der Waals surface area contributed by atoms with Crippen LogP contribution in [-0.4, -0.2) is 42.7 Å². The molecule has 0 aliphatic carbocycles. The van der Waals surface area contributed by atoms with Crippen molar-refractivity contribution in [3.8, 4) is 5.75 Å². The van der Waals surface area contributed by atoms with Gasteiger partial charge in [0.25, 0.3) is 5.91 Å². The van der Waals surface area contributed by atoms with E-state index in [1.54, 1.807) is 26.1 Å². The first kappa shape index (κ1) is 14.0. The van der Waals surface area contributed by atoms with Crippen molar-refractivity contribution in [3.63, 3.8) is 0 Å². The largest absolute Gasteiger partial charge is 0.496 e. The molecule has 1 N–H and O–H groups in total. The van der Waals surface area contributed by atoms with E-state index >= 15 is 0 Å². The van der Waals surface area contributed by atoms with Crippen molar-refractivity contribution in [3.05, 3.63) is 28.2 Å². The number of halogens is 1. The van der Waals surface area contributed by atoms with Crippen LogP contribution in [0.15, 0.2) is 22.7 Å². The van der Waals surface area contributed by atoms with Gasteiger partial charge < -0.3 is 14.7 Å². The Balaban J connectivity index is 3.06. The van der Waals surface area contributed by atoms with Crippen molar-refractivity contribution in [2.24, 2.45) is 0 Å². The van der Waals surface area contributed by atoms with Crippen LogP contribution >= 0.6 is 15.9 Å². The molecule has 0 radical (unpaired) electrons. The molecular weight excluding hydrogens is 286 g/mol. The number of benzene rings is 1. The van der Waals surface area contributed by atoms with Crippen molar-refractivity contribution >= 4 is 21.8 Å². The number of rotatable bonds is 4. The van der Waals surface area contributed by atoms with Crippen molar-refractivity contribution in [1.82, 2.24) is 4.90 Å². The molecule has 0 spiro atoms. The Hall–Kier alpha value is -1.07. The monoisotopic (exact) mass is 301 g/mol. The molecule has 0 aliphatic rings. The minimum atomic E-state index is -0.230. The van der Waals surface area contributed by atoms with Crippen LogP contribution in [0.1, 0.15) is 17.3 Å². The van der Waals surface area contributed by atoms with Crippen molar-refractivity contribution in [2.75, 3.05) is 20.8 Å². The smallest absolute Gasteiger partial charge is 0.257 e. The third kappa shape index (κ3) is 3.20. The van der Waals surface area contributed by atoms with E-state index in [0.29, 0.717) is 11.3 Å². The van der Waals surface area contributed by atoms with Crippen LogP contribution in [0.4, 0.5) is 0 Å². The summed E-state index contributed by atoms with van der Waals surface area (Å²) in [5.74, 6) is 0.347. The van der Waals surface area contributed by atoms with Crippen molar-refractivity contribution in [2.45, 2.75) is 13.0 Å². The highest BCUT2D eigenvalue weighted by atomic mass is 79.9. The molecule has 1 aromatic carbocycles. The Kier molecular flexibility index (Phi) is 4.96. The lowest BCUT2D eigenvalue weighted by Crippen LogP contribution is -2.37. The fourth-order valence-electron chi connectivity index (χ4n) is 1.36. The van der Waals surface area contributed by atoms with Gasteiger partial charge in [-0.25, -0.2) is 0 Å². The molecule has 5 heteroatoms. The predicted molar refractivity (Wildman–Crippen MR) is 69.3 cm³/mol. The first-order valence-electron chi connectivity index (χ1n) is 5.22.